The highest BCUT2D eigenvalue weighted by atomic mass is 16.6. The Morgan fingerprint density at radius 2 is 2.14 bits per heavy atom. The van der Waals surface area contributed by atoms with Crippen LogP contribution in [0.4, 0.5) is 5.82 Å². The summed E-state index contributed by atoms with van der Waals surface area (Å²) in [6, 6.07) is 1.42. The first kappa shape index (κ1) is 15.5. The summed E-state index contributed by atoms with van der Waals surface area (Å²) < 4.78 is 6.28. The summed E-state index contributed by atoms with van der Waals surface area (Å²) in [6.07, 6.45) is -3.35. The van der Waals surface area contributed by atoms with E-state index in [1.54, 1.807) is 14.1 Å². The van der Waals surface area contributed by atoms with E-state index in [2.05, 4.69) is 15.3 Å². The van der Waals surface area contributed by atoms with Gasteiger partial charge in [0.2, 0.25) is 0 Å². The van der Waals surface area contributed by atoms with Crippen molar-refractivity contribution in [1.82, 2.24) is 14.6 Å². The number of hydrogen-bond donors (Lipinski definition) is 3. The van der Waals surface area contributed by atoms with Crippen LogP contribution in [0, 0.1) is 0 Å². The van der Waals surface area contributed by atoms with Crippen molar-refractivity contribution in [2.45, 2.75) is 24.5 Å². The van der Waals surface area contributed by atoms with E-state index in [1.807, 2.05) is 0 Å². The zero-order valence-electron chi connectivity index (χ0n) is 11.6. The average molecular weight is 299 g/mol. The van der Waals surface area contributed by atoms with Gasteiger partial charge >= 0.3 is 5.69 Å². The maximum Gasteiger partial charge on any atom is 0.351 e. The van der Waals surface area contributed by atoms with Crippen LogP contribution in [0.3, 0.4) is 0 Å². The lowest BCUT2D eigenvalue weighted by atomic mass is 10.1. The number of ether oxygens (including phenoxy) is 1. The zero-order valence-corrected chi connectivity index (χ0v) is 11.6. The summed E-state index contributed by atoms with van der Waals surface area (Å²) >= 11 is 0. The summed E-state index contributed by atoms with van der Waals surface area (Å²) in [5.41, 5.74) is -0.708. The van der Waals surface area contributed by atoms with Crippen LogP contribution in [0.15, 0.2) is 27.4 Å². The van der Waals surface area contributed by atoms with E-state index < -0.39 is 36.8 Å². The van der Waals surface area contributed by atoms with Crippen LogP contribution in [0.2, 0.25) is 0 Å². The molecule has 0 aromatic carbocycles. The topological polar surface area (TPSA) is 133 Å². The molecule has 1 aliphatic rings. The largest absolute Gasteiger partial charge is 0.394 e. The monoisotopic (exact) mass is 299 g/mol. The quantitative estimate of drug-likeness (QED) is 0.451. The molecule has 10 heteroatoms. The molecule has 0 bridgehead atoms. The van der Waals surface area contributed by atoms with Crippen LogP contribution in [-0.2, 0) is 4.74 Å². The van der Waals surface area contributed by atoms with Crippen molar-refractivity contribution < 1.29 is 20.1 Å². The molecule has 0 radical (unpaired) electrons. The van der Waals surface area contributed by atoms with Gasteiger partial charge in [-0.3, -0.25) is 9.58 Å². The van der Waals surface area contributed by atoms with Gasteiger partial charge in [-0.2, -0.15) is 4.98 Å². The maximum absolute atomic E-state index is 11.9. The molecule has 0 spiro atoms. The highest BCUT2D eigenvalue weighted by molar-refractivity contribution is 5.22. The molecule has 1 saturated heterocycles. The second-order valence-electron chi connectivity index (χ2n) is 4.74. The van der Waals surface area contributed by atoms with Crippen molar-refractivity contribution in [3.63, 3.8) is 0 Å². The van der Waals surface area contributed by atoms with E-state index in [0.717, 1.165) is 4.57 Å². The first-order valence-electron chi connectivity index (χ1n) is 6.24. The van der Waals surface area contributed by atoms with Crippen LogP contribution in [0.25, 0.3) is 0 Å². The van der Waals surface area contributed by atoms with Gasteiger partial charge in [0.1, 0.15) is 18.3 Å². The Morgan fingerprint density at radius 3 is 2.67 bits per heavy atom. The number of nitrogens with zero attached hydrogens (tertiary/aromatic N) is 5. The van der Waals surface area contributed by atoms with Gasteiger partial charge in [-0.25, -0.2) is 4.79 Å². The first-order chi connectivity index (χ1) is 9.93. The molecule has 116 valence electrons. The van der Waals surface area contributed by atoms with Crippen molar-refractivity contribution in [2.75, 3.05) is 20.7 Å². The van der Waals surface area contributed by atoms with E-state index in [4.69, 9.17) is 9.84 Å². The van der Waals surface area contributed by atoms with Gasteiger partial charge in [0.05, 0.1) is 6.61 Å². The minimum atomic E-state index is -1.34. The van der Waals surface area contributed by atoms with Gasteiger partial charge in [0.15, 0.2) is 12.0 Å². The Kier molecular flexibility index (Phi) is 4.63. The van der Waals surface area contributed by atoms with E-state index in [-0.39, 0.29) is 5.82 Å². The van der Waals surface area contributed by atoms with E-state index in [1.165, 1.54) is 17.3 Å². The van der Waals surface area contributed by atoms with Crippen molar-refractivity contribution >= 4 is 5.82 Å². The fourth-order valence-corrected chi connectivity index (χ4v) is 1.90. The van der Waals surface area contributed by atoms with Crippen LogP contribution >= 0.6 is 0 Å². The maximum atomic E-state index is 11.9. The summed E-state index contributed by atoms with van der Waals surface area (Å²) in [7, 11) is 3.34. The van der Waals surface area contributed by atoms with E-state index >= 15 is 0 Å². The lowest BCUT2D eigenvalue weighted by Crippen LogP contribution is -2.35. The molecule has 0 aliphatic carbocycles. The van der Waals surface area contributed by atoms with Gasteiger partial charge in [-0.05, 0) is 0 Å². The van der Waals surface area contributed by atoms with Crippen molar-refractivity contribution in [3.8, 4) is 0 Å². The third kappa shape index (κ3) is 3.24. The third-order valence-electron chi connectivity index (χ3n) is 2.93. The van der Waals surface area contributed by atoms with E-state index in [0.29, 0.717) is 0 Å². The molecule has 4 atom stereocenters. The molecule has 1 aromatic heterocycles. The molecule has 2 heterocycles. The Hall–Kier alpha value is -1.88. The van der Waals surface area contributed by atoms with Crippen molar-refractivity contribution in [1.29, 1.82) is 0 Å². The number of rotatable bonds is 4. The molecule has 0 saturated carbocycles. The number of aliphatic hydroxyl groups is 3. The lowest BCUT2D eigenvalue weighted by Gasteiger charge is -2.16. The van der Waals surface area contributed by atoms with Crippen LogP contribution < -0.4 is 5.69 Å². The van der Waals surface area contributed by atoms with Crippen LogP contribution in [0.5, 0.6) is 0 Å². The molecule has 1 aromatic rings. The number of aliphatic hydroxyl groups excluding tert-OH is 3. The minimum Gasteiger partial charge on any atom is -0.394 e. The Labute approximate surface area is 119 Å². The predicted molar refractivity (Wildman–Crippen MR) is 69.7 cm³/mol. The molecule has 10 nitrogen and oxygen atoms in total. The van der Waals surface area contributed by atoms with Gasteiger partial charge in [-0.1, -0.05) is 5.22 Å². The third-order valence-corrected chi connectivity index (χ3v) is 2.93. The first-order valence-corrected chi connectivity index (χ1v) is 6.24. The van der Waals surface area contributed by atoms with Crippen molar-refractivity contribution in [2.24, 2.45) is 10.3 Å². The lowest BCUT2D eigenvalue weighted by molar-refractivity contribution is -0.0549. The fraction of sp³-hybridized carbons (Fsp3) is 0.636. The minimum absolute atomic E-state index is 0.108. The predicted octanol–water partition coefficient (Wildman–Crippen LogP) is -1.58. The molecule has 1 fully saturated rings. The SMILES string of the molecule is CN(C)N=Nc1ccn([C@@H]2O[C@H](CO)C(O)[C@H]2O)c(=O)n1. The molecular weight excluding hydrogens is 282 g/mol. The Balaban J connectivity index is 2.24. The van der Waals surface area contributed by atoms with Crippen LogP contribution in [0.1, 0.15) is 6.23 Å². The van der Waals surface area contributed by atoms with Crippen molar-refractivity contribution in [3.05, 3.63) is 22.7 Å². The Morgan fingerprint density at radius 1 is 1.43 bits per heavy atom. The number of aromatic nitrogens is 2. The highest BCUT2D eigenvalue weighted by Gasteiger charge is 2.43. The molecule has 2 rings (SSSR count). The summed E-state index contributed by atoms with van der Waals surface area (Å²) in [5.74, 6) is 0.108. The molecule has 0 amide bonds. The molecule has 21 heavy (non-hydrogen) atoms. The number of hydrogen-bond acceptors (Lipinski definition) is 8. The summed E-state index contributed by atoms with van der Waals surface area (Å²) in [6.45, 7) is -0.466. The van der Waals surface area contributed by atoms with Gasteiger partial charge < -0.3 is 20.1 Å². The standard InChI is InChI=1S/C11H17N5O5/c1-15(2)14-13-7-3-4-16(11(20)12-7)10-9(19)8(18)6(5-17)21-10/h3-4,6,8-10,17-19H,5H2,1-2H3/t6-,8?,9-,10-/m1/s1. The van der Waals surface area contributed by atoms with Crippen LogP contribution in [-0.4, -0.2) is 68.9 Å². The van der Waals surface area contributed by atoms with Gasteiger partial charge in [-0.15, -0.1) is 5.11 Å². The average Bonchev–Trinajstić information content (AvgIpc) is 2.73. The molecule has 1 aliphatic heterocycles. The van der Waals surface area contributed by atoms with E-state index in [9.17, 15) is 15.0 Å². The molecule has 3 N–H and O–H groups in total. The smallest absolute Gasteiger partial charge is 0.351 e. The second kappa shape index (κ2) is 6.26. The molecular formula is C11H17N5O5. The zero-order chi connectivity index (χ0) is 15.6. The molecule has 1 unspecified atom stereocenters. The second-order valence-corrected chi connectivity index (χ2v) is 4.74. The fourth-order valence-electron chi connectivity index (χ4n) is 1.90. The van der Waals surface area contributed by atoms with Gasteiger partial charge in [0, 0.05) is 26.4 Å². The van der Waals surface area contributed by atoms with Gasteiger partial charge in [0.25, 0.3) is 0 Å². The normalized spacial score (nSPS) is 29.2. The summed E-state index contributed by atoms with van der Waals surface area (Å²) in [4.78, 5) is 15.6. The Bertz CT molecular complexity index is 574. The summed E-state index contributed by atoms with van der Waals surface area (Å²) in [5, 5.41) is 37.4. The highest BCUT2D eigenvalue weighted by Crippen LogP contribution is 2.28.